The summed E-state index contributed by atoms with van der Waals surface area (Å²) in [6.45, 7) is 41.2. The van der Waals surface area contributed by atoms with Crippen molar-refractivity contribution in [3.05, 3.63) is 221 Å². The molecule has 0 unspecified atom stereocenters. The van der Waals surface area contributed by atoms with Crippen molar-refractivity contribution in [1.82, 2.24) is 15.3 Å². The maximum absolute atomic E-state index is 15.1. The van der Waals surface area contributed by atoms with Crippen LogP contribution in [0.2, 0.25) is 0 Å². The minimum atomic E-state index is -0.141. The van der Waals surface area contributed by atoms with E-state index in [9.17, 15) is 0 Å². The van der Waals surface area contributed by atoms with Crippen LogP contribution in [0.3, 0.4) is 0 Å². The Bertz CT molecular complexity index is 3470. The number of carbonyl (C=O) groups excluding carboxylic acids is 1. The quantitative estimate of drug-likeness (QED) is 0.165. The molecule has 3 aliphatic rings. The lowest BCUT2D eigenvalue weighted by atomic mass is 9.78. The third kappa shape index (κ3) is 10.4. The van der Waals surface area contributed by atoms with Crippen LogP contribution in [-0.4, -0.2) is 21.5 Å². The van der Waals surface area contributed by atoms with Gasteiger partial charge in [-0.3, -0.25) is 4.79 Å². The molecule has 0 atom stereocenters. The van der Waals surface area contributed by atoms with E-state index in [0.29, 0.717) is 11.4 Å². The molecular formula is C68H77BrN4O. The summed E-state index contributed by atoms with van der Waals surface area (Å²) >= 11 is 3.69. The van der Waals surface area contributed by atoms with Gasteiger partial charge in [0.2, 0.25) is 5.78 Å². The fourth-order valence-corrected chi connectivity index (χ4v) is 10.3. The highest BCUT2D eigenvalue weighted by Crippen LogP contribution is 2.41. The zero-order valence-electron chi connectivity index (χ0n) is 47.3. The number of H-pyrrole nitrogens is 2. The van der Waals surface area contributed by atoms with E-state index < -0.39 is 0 Å². The Morgan fingerprint density at radius 3 is 1.23 bits per heavy atom. The highest BCUT2D eigenvalue weighted by Gasteiger charge is 2.32. The first kappa shape index (κ1) is 52.6. The number of hydrogen-bond donors (Lipinski definition) is 3. The number of rotatable bonds is 4. The van der Waals surface area contributed by atoms with E-state index in [2.05, 4.69) is 259 Å². The van der Waals surface area contributed by atoms with Gasteiger partial charge in [-0.05, 0) is 137 Å². The molecule has 0 radical (unpaired) electrons. The van der Waals surface area contributed by atoms with Crippen molar-refractivity contribution < 1.29 is 4.79 Å². The van der Waals surface area contributed by atoms with Crippen LogP contribution in [0.5, 0.6) is 0 Å². The predicted octanol–water partition coefficient (Wildman–Crippen LogP) is 15.6. The van der Waals surface area contributed by atoms with E-state index in [0.717, 1.165) is 82.5 Å². The van der Waals surface area contributed by atoms with Crippen molar-refractivity contribution in [2.75, 3.05) is 0 Å². The van der Waals surface area contributed by atoms with E-state index in [1.54, 1.807) is 6.08 Å². The second-order valence-corrected chi connectivity index (χ2v) is 28.0. The molecule has 3 aliphatic heterocycles. The van der Waals surface area contributed by atoms with Crippen molar-refractivity contribution >= 4 is 49.7 Å². The number of allylic oxidation sites excluding steroid dienone is 5. The minimum absolute atomic E-state index is 0.106. The van der Waals surface area contributed by atoms with Crippen LogP contribution in [0, 0.1) is 0 Å². The number of nitrogens with zero attached hydrogens (tertiary/aromatic N) is 1. The first-order chi connectivity index (χ1) is 34.2. The Morgan fingerprint density at radius 1 is 0.405 bits per heavy atom. The summed E-state index contributed by atoms with van der Waals surface area (Å²) in [5.74, 6) is -0.106. The summed E-state index contributed by atoms with van der Waals surface area (Å²) in [5.41, 5.74) is 19.3. The Balaban J connectivity index is 1.47. The topological polar surface area (TPSA) is 73.0 Å². The maximum atomic E-state index is 15.1. The molecular weight excluding hydrogens is 969 g/mol. The molecule has 0 spiro atoms. The molecule has 74 heavy (non-hydrogen) atoms. The van der Waals surface area contributed by atoms with Gasteiger partial charge in [0.25, 0.3) is 0 Å². The monoisotopic (exact) mass is 1040 g/mol. The lowest BCUT2D eigenvalue weighted by Gasteiger charge is -2.27. The SMILES string of the molecule is CC(C)(C)c1cc(C2=C3C=CC(=N3)C(c3ccc(Br)cc3)=C3NC(=CC3=O)C(c3cc(C(C)(C)C)cc(C(C)(C)C)c3)=c3ccc([nH]3)=C(c3cc(C(C)(C)C)cc(C(C)(C)C)c3)c3ccc2[nH]3)cc(C(C)(C)C)c1. The van der Waals surface area contributed by atoms with Crippen molar-refractivity contribution in [3.63, 3.8) is 0 Å². The van der Waals surface area contributed by atoms with Gasteiger partial charge < -0.3 is 15.3 Å². The van der Waals surface area contributed by atoms with Crippen LogP contribution in [-0.2, 0) is 37.3 Å². The third-order valence-corrected chi connectivity index (χ3v) is 15.4. The first-order valence-corrected chi connectivity index (χ1v) is 27.2. The molecule has 3 N–H and O–H groups in total. The molecule has 8 bridgehead atoms. The molecule has 5 nitrogen and oxygen atoms in total. The van der Waals surface area contributed by atoms with Crippen molar-refractivity contribution in [2.45, 2.75) is 157 Å². The fourth-order valence-electron chi connectivity index (χ4n) is 10.1. The molecule has 2 aromatic heterocycles. The smallest absolute Gasteiger partial charge is 0.204 e. The number of nitrogens with one attached hydrogen (secondary N) is 3. The molecule has 6 aromatic rings. The molecule has 382 valence electrons. The summed E-state index contributed by atoms with van der Waals surface area (Å²) < 4.78 is 0.953. The fraction of sp³-hybridized carbons (Fsp3) is 0.353. The number of benzene rings is 4. The number of hydrogen-bond acceptors (Lipinski definition) is 3. The average molecular weight is 1050 g/mol. The zero-order chi connectivity index (χ0) is 53.8. The lowest BCUT2D eigenvalue weighted by molar-refractivity contribution is -0.111. The van der Waals surface area contributed by atoms with Crippen LogP contribution < -0.4 is 16.0 Å². The highest BCUT2D eigenvalue weighted by molar-refractivity contribution is 9.10. The summed E-state index contributed by atoms with van der Waals surface area (Å²) in [6, 6.07) is 38.3. The Morgan fingerprint density at radius 2 is 0.797 bits per heavy atom. The van der Waals surface area contributed by atoms with Crippen LogP contribution in [0.25, 0.3) is 22.3 Å². The van der Waals surface area contributed by atoms with E-state index in [-0.39, 0.29) is 38.3 Å². The van der Waals surface area contributed by atoms with E-state index in [1.165, 1.54) is 33.4 Å². The molecule has 9 rings (SSSR count). The molecule has 0 aliphatic carbocycles. The average Bonchev–Trinajstić information content (AvgIpc) is 4.13. The summed E-state index contributed by atoms with van der Waals surface area (Å²) in [6.07, 6.45) is 6.00. The molecule has 0 saturated carbocycles. The Hall–Kier alpha value is -6.24. The van der Waals surface area contributed by atoms with Crippen LogP contribution in [0.1, 0.15) is 192 Å². The summed E-state index contributed by atoms with van der Waals surface area (Å²) in [4.78, 5) is 28.8. The molecule has 0 fully saturated rings. The number of aromatic amines is 2. The molecule has 6 heteroatoms. The lowest BCUT2D eigenvalue weighted by Crippen LogP contribution is -2.23. The number of ketones is 1. The number of aromatic nitrogens is 2. The van der Waals surface area contributed by atoms with Crippen LogP contribution in [0.15, 0.2) is 148 Å². The molecule has 5 heterocycles. The van der Waals surface area contributed by atoms with Gasteiger partial charge >= 0.3 is 0 Å². The van der Waals surface area contributed by atoms with E-state index in [4.69, 9.17) is 4.99 Å². The van der Waals surface area contributed by atoms with Crippen LogP contribution >= 0.6 is 15.9 Å². The Labute approximate surface area is 450 Å². The zero-order valence-corrected chi connectivity index (χ0v) is 48.9. The summed E-state index contributed by atoms with van der Waals surface area (Å²) in [7, 11) is 0. The normalized spacial score (nSPS) is 15.9. The second kappa shape index (κ2) is 18.3. The van der Waals surface area contributed by atoms with Gasteiger partial charge in [0.15, 0.2) is 0 Å². The second-order valence-electron chi connectivity index (χ2n) is 27.1. The predicted molar refractivity (Wildman–Crippen MR) is 316 cm³/mol. The van der Waals surface area contributed by atoms with Gasteiger partial charge in [0.05, 0.1) is 22.8 Å². The maximum Gasteiger partial charge on any atom is 0.204 e. The summed E-state index contributed by atoms with van der Waals surface area (Å²) in [5, 5.41) is 5.66. The largest absolute Gasteiger partial charge is 0.354 e. The van der Waals surface area contributed by atoms with Gasteiger partial charge in [-0.25, -0.2) is 4.99 Å². The van der Waals surface area contributed by atoms with Gasteiger partial charge in [-0.2, -0.15) is 0 Å². The number of fused-ring (bicyclic) bond motifs is 7. The van der Waals surface area contributed by atoms with Crippen LogP contribution in [0.4, 0.5) is 0 Å². The van der Waals surface area contributed by atoms with Gasteiger partial charge in [0.1, 0.15) is 0 Å². The van der Waals surface area contributed by atoms with E-state index >= 15 is 4.79 Å². The van der Waals surface area contributed by atoms with Gasteiger partial charge in [-0.1, -0.05) is 207 Å². The number of aliphatic imine (C=N–C) groups is 1. The van der Waals surface area contributed by atoms with Crippen molar-refractivity contribution in [3.8, 4) is 0 Å². The van der Waals surface area contributed by atoms with Gasteiger partial charge in [-0.15, -0.1) is 0 Å². The van der Waals surface area contributed by atoms with E-state index in [1.807, 2.05) is 12.1 Å². The van der Waals surface area contributed by atoms with Gasteiger partial charge in [0, 0.05) is 54.9 Å². The number of carbonyl (C=O) groups is 1. The Kier molecular flexibility index (Phi) is 13.0. The highest BCUT2D eigenvalue weighted by atomic mass is 79.9. The molecule has 0 amide bonds. The number of halogens is 1. The molecule has 4 aromatic carbocycles. The first-order valence-electron chi connectivity index (χ1n) is 26.4. The standard InChI is InChI=1S/C68H77BrN4O/c1-63(2,3)43-29-40(30-44(35-43)64(4,5)6)58-50-23-24-51(70-50)59(41-31-45(65(7,8)9)36-46(32-41)66(10,11)12)53-27-28-55(72-53)61(39-19-21-49(69)22-20-39)62-57(74)38-56(73-62)60(54-26-25-52(58)71-54)42-33-47(67(13,14)15)37-48(34-42)68(16,17)18/h19-38,70-71,73H,1-18H3. The molecule has 0 saturated heterocycles. The van der Waals surface area contributed by atoms with Crippen molar-refractivity contribution in [2.24, 2.45) is 4.99 Å². The third-order valence-electron chi connectivity index (χ3n) is 14.9. The minimum Gasteiger partial charge on any atom is -0.354 e. The van der Waals surface area contributed by atoms with Crippen molar-refractivity contribution in [1.29, 1.82) is 0 Å².